The molecule has 1 aliphatic carbocycles. The van der Waals surface area contributed by atoms with E-state index in [0.717, 1.165) is 0 Å². The van der Waals surface area contributed by atoms with E-state index in [2.05, 4.69) is 12.3 Å². The quantitative estimate of drug-likeness (QED) is 0.539. The van der Waals surface area contributed by atoms with E-state index in [-0.39, 0.29) is 0 Å². The van der Waals surface area contributed by atoms with Crippen molar-refractivity contribution in [2.45, 2.75) is 32.1 Å². The van der Waals surface area contributed by atoms with Crippen LogP contribution in [0.1, 0.15) is 32.1 Å². The zero-order chi connectivity index (χ0) is 6.53. The second kappa shape index (κ2) is 3.99. The molecule has 0 aromatic rings. The minimum atomic E-state index is 1.27. The Kier molecular flexibility index (Phi) is 3.20. The van der Waals surface area contributed by atoms with Gasteiger partial charge in [0, 0.05) is 6.26 Å². The molecule has 0 saturated heterocycles. The fourth-order valence-electron chi connectivity index (χ4n) is 1.12. The van der Waals surface area contributed by atoms with Crippen LogP contribution in [-0.4, -0.2) is 0 Å². The van der Waals surface area contributed by atoms with Crippen LogP contribution in [-0.2, 0) is 0 Å². The van der Waals surface area contributed by atoms with Gasteiger partial charge >= 0.3 is 0 Å². The highest BCUT2D eigenvalue weighted by molar-refractivity contribution is 8.04. The van der Waals surface area contributed by atoms with E-state index >= 15 is 0 Å². The number of hydrogen-bond donors (Lipinski definition) is 0. The van der Waals surface area contributed by atoms with Crippen LogP contribution in [0.2, 0.25) is 0 Å². The molecule has 1 aliphatic rings. The second-order valence-corrected chi connectivity index (χ2v) is 3.23. The molecule has 0 amide bonds. The molecule has 0 spiro atoms. The molecule has 1 radical (unpaired) electrons. The van der Waals surface area contributed by atoms with E-state index in [4.69, 9.17) is 0 Å². The number of rotatable bonds is 1. The maximum Gasteiger partial charge on any atom is 0.00711 e. The van der Waals surface area contributed by atoms with Crippen molar-refractivity contribution in [1.29, 1.82) is 0 Å². The lowest BCUT2D eigenvalue weighted by Gasteiger charge is -1.96. The predicted molar refractivity (Wildman–Crippen MR) is 44.1 cm³/mol. The van der Waals surface area contributed by atoms with E-state index < -0.39 is 0 Å². The monoisotopic (exact) mass is 141 g/mol. The van der Waals surface area contributed by atoms with Gasteiger partial charge < -0.3 is 0 Å². The lowest BCUT2D eigenvalue weighted by atomic mass is 10.2. The summed E-state index contributed by atoms with van der Waals surface area (Å²) < 4.78 is 0. The lowest BCUT2D eigenvalue weighted by molar-refractivity contribution is 0.716. The van der Waals surface area contributed by atoms with Crippen molar-refractivity contribution in [3.8, 4) is 0 Å². The summed E-state index contributed by atoms with van der Waals surface area (Å²) in [6.07, 6.45) is 12.8. The summed E-state index contributed by atoms with van der Waals surface area (Å²) in [5.74, 6) is 0. The smallest absolute Gasteiger partial charge is 0.00711 e. The zero-order valence-electron chi connectivity index (χ0n) is 5.73. The summed E-state index contributed by atoms with van der Waals surface area (Å²) in [6, 6.07) is 0. The average Bonchev–Trinajstić information content (AvgIpc) is 2.13. The summed E-state index contributed by atoms with van der Waals surface area (Å²) >= 11 is 1.67. The molecule has 0 fully saturated rings. The molecule has 1 heteroatoms. The number of allylic oxidation sites excluding steroid dienone is 2. The molecule has 0 aromatic carbocycles. The Bertz CT molecular complexity index is 105. The summed E-state index contributed by atoms with van der Waals surface area (Å²) in [5.41, 5.74) is 0. The van der Waals surface area contributed by atoms with E-state index in [1.807, 2.05) is 0 Å². The Balaban J connectivity index is 2.37. The molecule has 9 heavy (non-hydrogen) atoms. The Morgan fingerprint density at radius 1 is 1.33 bits per heavy atom. The van der Waals surface area contributed by atoms with E-state index in [9.17, 15) is 0 Å². The van der Waals surface area contributed by atoms with Gasteiger partial charge in [-0.15, -0.1) is 11.8 Å². The second-order valence-electron chi connectivity index (χ2n) is 2.41. The van der Waals surface area contributed by atoms with Gasteiger partial charge in [-0.25, -0.2) is 0 Å². The summed E-state index contributed by atoms with van der Waals surface area (Å²) in [6.45, 7) is 0. The van der Waals surface area contributed by atoms with Crippen LogP contribution in [0.4, 0.5) is 0 Å². The molecular weight excluding hydrogens is 128 g/mol. The van der Waals surface area contributed by atoms with Crippen molar-refractivity contribution in [3.63, 3.8) is 0 Å². The van der Waals surface area contributed by atoms with Crippen LogP contribution in [0.5, 0.6) is 0 Å². The molecule has 0 N–H and O–H groups in total. The molecule has 0 bridgehead atoms. The third-order valence-electron chi connectivity index (χ3n) is 1.68. The standard InChI is InChI=1S/C8H13S/c1-9-8-6-4-2-3-5-7-8/h6H,1-5,7H2. The first-order valence-corrected chi connectivity index (χ1v) is 4.53. The zero-order valence-corrected chi connectivity index (χ0v) is 6.54. The normalized spacial score (nSPS) is 20.8. The number of hydrogen-bond acceptors (Lipinski definition) is 1. The maximum atomic E-state index is 3.80. The minimum absolute atomic E-state index is 1.27. The topological polar surface area (TPSA) is 0 Å². The molecule has 0 atom stereocenters. The Morgan fingerprint density at radius 2 is 2.22 bits per heavy atom. The molecule has 1 rings (SSSR count). The Hall–Kier alpha value is 0.0900. The van der Waals surface area contributed by atoms with Gasteiger partial charge in [0.25, 0.3) is 0 Å². The van der Waals surface area contributed by atoms with E-state index in [0.29, 0.717) is 0 Å². The Labute approximate surface area is 61.7 Å². The van der Waals surface area contributed by atoms with Gasteiger partial charge in [0.2, 0.25) is 0 Å². The van der Waals surface area contributed by atoms with Crippen LogP contribution in [0.25, 0.3) is 0 Å². The van der Waals surface area contributed by atoms with Crippen LogP contribution in [0.3, 0.4) is 0 Å². The van der Waals surface area contributed by atoms with Gasteiger partial charge in [-0.3, -0.25) is 0 Å². The van der Waals surface area contributed by atoms with Crippen molar-refractivity contribution in [2.75, 3.05) is 0 Å². The van der Waals surface area contributed by atoms with Crippen LogP contribution >= 0.6 is 11.8 Å². The van der Waals surface area contributed by atoms with Crippen molar-refractivity contribution in [3.05, 3.63) is 17.2 Å². The predicted octanol–water partition coefficient (Wildman–Crippen LogP) is 3.36. The minimum Gasteiger partial charge on any atom is -0.130 e. The largest absolute Gasteiger partial charge is 0.130 e. The number of thioether (sulfide) groups is 1. The summed E-state index contributed by atoms with van der Waals surface area (Å²) in [7, 11) is 0. The van der Waals surface area contributed by atoms with Crippen LogP contribution in [0, 0.1) is 6.26 Å². The highest BCUT2D eigenvalue weighted by atomic mass is 32.2. The van der Waals surface area contributed by atoms with Crippen molar-refractivity contribution in [2.24, 2.45) is 0 Å². The molecule has 0 nitrogen and oxygen atoms in total. The first kappa shape index (κ1) is 7.20. The van der Waals surface area contributed by atoms with Crippen LogP contribution < -0.4 is 0 Å². The molecular formula is C8H13S. The van der Waals surface area contributed by atoms with Gasteiger partial charge in [0.05, 0.1) is 0 Å². The molecule has 0 aliphatic heterocycles. The fraction of sp³-hybridized carbons (Fsp3) is 0.625. The van der Waals surface area contributed by atoms with Gasteiger partial charge in [-0.05, 0) is 30.6 Å². The third-order valence-corrected chi connectivity index (χ3v) is 2.43. The first-order valence-electron chi connectivity index (χ1n) is 3.54. The average molecular weight is 141 g/mol. The molecule has 0 saturated carbocycles. The highest BCUT2D eigenvalue weighted by Crippen LogP contribution is 2.24. The third kappa shape index (κ3) is 2.44. The lowest BCUT2D eigenvalue weighted by Crippen LogP contribution is -1.71. The summed E-state index contributed by atoms with van der Waals surface area (Å²) in [4.78, 5) is 1.49. The first-order chi connectivity index (χ1) is 4.43. The van der Waals surface area contributed by atoms with Crippen molar-refractivity contribution >= 4 is 11.8 Å². The molecule has 0 heterocycles. The summed E-state index contributed by atoms with van der Waals surface area (Å²) in [5, 5.41) is 0. The molecule has 51 valence electrons. The SMILES string of the molecule is [CH2]SC1=CCCCCC1. The molecule has 0 unspecified atom stereocenters. The highest BCUT2D eigenvalue weighted by Gasteiger charge is 1.99. The van der Waals surface area contributed by atoms with Gasteiger partial charge in [0.1, 0.15) is 0 Å². The van der Waals surface area contributed by atoms with Crippen LogP contribution in [0.15, 0.2) is 11.0 Å². The van der Waals surface area contributed by atoms with Gasteiger partial charge in [-0.1, -0.05) is 12.5 Å². The fourth-order valence-corrected chi connectivity index (χ4v) is 1.64. The maximum absolute atomic E-state index is 3.80. The molecule has 0 aromatic heterocycles. The Morgan fingerprint density at radius 3 is 3.00 bits per heavy atom. The van der Waals surface area contributed by atoms with Crippen molar-refractivity contribution < 1.29 is 0 Å². The van der Waals surface area contributed by atoms with Crippen molar-refractivity contribution in [1.82, 2.24) is 0 Å². The van der Waals surface area contributed by atoms with Gasteiger partial charge in [0.15, 0.2) is 0 Å². The van der Waals surface area contributed by atoms with E-state index in [1.165, 1.54) is 37.0 Å². The van der Waals surface area contributed by atoms with E-state index in [1.54, 1.807) is 11.8 Å². The van der Waals surface area contributed by atoms with Gasteiger partial charge in [-0.2, -0.15) is 0 Å².